The van der Waals surface area contributed by atoms with Crippen molar-refractivity contribution in [2.24, 2.45) is 0 Å². The Kier molecular flexibility index (Phi) is 8.88. The van der Waals surface area contributed by atoms with E-state index in [2.05, 4.69) is 4.74 Å². The fraction of sp³-hybridized carbons (Fsp3) is 0.474. The Balaban J connectivity index is 2.67. The number of hydrogen-bond acceptors (Lipinski definition) is 4. The number of allylic oxidation sites excluding steroid dienone is 1. The number of rotatable bonds is 9. The van der Waals surface area contributed by atoms with Gasteiger partial charge >= 0.3 is 18.1 Å². The molecule has 4 nitrogen and oxygen atoms in total. The Labute approximate surface area is 151 Å². The maximum atomic E-state index is 13.0. The molecule has 0 fully saturated rings. The van der Waals surface area contributed by atoms with Crippen molar-refractivity contribution in [1.29, 1.82) is 0 Å². The summed E-state index contributed by atoms with van der Waals surface area (Å²) >= 11 is 0. The summed E-state index contributed by atoms with van der Waals surface area (Å²) in [5.74, 6) is -1.45. The Bertz CT molecular complexity index is 606. The van der Waals surface area contributed by atoms with Crippen LogP contribution >= 0.6 is 0 Å². The number of hydrogen-bond donors (Lipinski definition) is 0. The lowest BCUT2D eigenvalue weighted by Crippen LogP contribution is -2.32. The van der Waals surface area contributed by atoms with Crippen LogP contribution in [0.2, 0.25) is 0 Å². The Morgan fingerprint density at radius 3 is 2.31 bits per heavy atom. The standard InChI is InChI=1S/C19H23F3O4/c1-3-4-5-6-7-8-9-17(19(20,21)22)26-18(24)15-10-12-16(13-11-15)25-14(2)23/h8-13,17H,3-7H2,1-2H3/b9-8-. The predicted molar refractivity (Wildman–Crippen MR) is 90.9 cm³/mol. The normalized spacial score (nSPS) is 12.8. The van der Waals surface area contributed by atoms with E-state index >= 15 is 0 Å². The van der Waals surface area contributed by atoms with Crippen LogP contribution in [0.15, 0.2) is 36.4 Å². The van der Waals surface area contributed by atoms with E-state index in [0.29, 0.717) is 6.42 Å². The van der Waals surface area contributed by atoms with Crippen LogP contribution in [-0.4, -0.2) is 24.2 Å². The molecule has 0 heterocycles. The van der Waals surface area contributed by atoms with E-state index in [4.69, 9.17) is 4.74 Å². The Morgan fingerprint density at radius 1 is 1.12 bits per heavy atom. The highest BCUT2D eigenvalue weighted by Gasteiger charge is 2.41. The van der Waals surface area contributed by atoms with E-state index in [9.17, 15) is 22.8 Å². The summed E-state index contributed by atoms with van der Waals surface area (Å²) in [6, 6.07) is 5.10. The highest BCUT2D eigenvalue weighted by atomic mass is 19.4. The molecule has 144 valence electrons. The average Bonchev–Trinajstić information content (AvgIpc) is 2.56. The molecule has 0 spiro atoms. The minimum Gasteiger partial charge on any atom is -0.445 e. The first-order valence-electron chi connectivity index (χ1n) is 8.47. The first-order chi connectivity index (χ1) is 12.2. The van der Waals surface area contributed by atoms with Crippen molar-refractivity contribution in [2.45, 2.75) is 58.2 Å². The molecule has 0 radical (unpaired) electrons. The minimum absolute atomic E-state index is 0.0634. The summed E-state index contributed by atoms with van der Waals surface area (Å²) in [7, 11) is 0. The first kappa shape index (κ1) is 21.7. The van der Waals surface area contributed by atoms with E-state index in [0.717, 1.165) is 31.8 Å². The summed E-state index contributed by atoms with van der Waals surface area (Å²) < 4.78 is 48.5. The Hall–Kier alpha value is -2.31. The maximum absolute atomic E-state index is 13.0. The molecule has 1 atom stereocenters. The first-order valence-corrected chi connectivity index (χ1v) is 8.47. The second kappa shape index (κ2) is 10.6. The van der Waals surface area contributed by atoms with Gasteiger partial charge in [0.05, 0.1) is 5.56 Å². The van der Waals surface area contributed by atoms with Crippen molar-refractivity contribution >= 4 is 11.9 Å². The van der Waals surface area contributed by atoms with Gasteiger partial charge in [0.25, 0.3) is 0 Å². The molecule has 26 heavy (non-hydrogen) atoms. The third-order valence-corrected chi connectivity index (χ3v) is 3.44. The molecule has 0 amide bonds. The van der Waals surface area contributed by atoms with Gasteiger partial charge in [-0.3, -0.25) is 4.79 Å². The third kappa shape index (κ3) is 8.18. The van der Waals surface area contributed by atoms with Gasteiger partial charge in [-0.2, -0.15) is 13.2 Å². The van der Waals surface area contributed by atoms with Gasteiger partial charge in [-0.25, -0.2) is 4.79 Å². The molecule has 0 saturated carbocycles. The highest BCUT2D eigenvalue weighted by Crippen LogP contribution is 2.25. The summed E-state index contributed by atoms with van der Waals surface area (Å²) in [6.45, 7) is 3.26. The van der Waals surface area contributed by atoms with E-state index in [1.165, 1.54) is 37.3 Å². The summed E-state index contributed by atoms with van der Waals surface area (Å²) in [5.41, 5.74) is -0.0634. The molecule has 0 aliphatic heterocycles. The van der Waals surface area contributed by atoms with Gasteiger partial charge in [-0.05, 0) is 43.2 Å². The number of unbranched alkanes of at least 4 members (excludes halogenated alkanes) is 4. The van der Waals surface area contributed by atoms with Crippen molar-refractivity contribution in [3.05, 3.63) is 42.0 Å². The molecule has 0 aromatic heterocycles. The molecule has 7 heteroatoms. The average molecular weight is 372 g/mol. The van der Waals surface area contributed by atoms with Crippen molar-refractivity contribution in [3.8, 4) is 5.75 Å². The summed E-state index contributed by atoms with van der Waals surface area (Å²) in [4.78, 5) is 22.8. The molecule has 1 aromatic carbocycles. The monoisotopic (exact) mass is 372 g/mol. The van der Waals surface area contributed by atoms with E-state index in [1.54, 1.807) is 0 Å². The lowest BCUT2D eigenvalue weighted by atomic mass is 10.1. The van der Waals surface area contributed by atoms with Crippen LogP contribution in [0.25, 0.3) is 0 Å². The summed E-state index contributed by atoms with van der Waals surface area (Å²) in [5, 5.41) is 0. The number of carbonyl (C=O) groups is 2. The zero-order valence-electron chi connectivity index (χ0n) is 14.8. The molecule has 0 bridgehead atoms. The molecule has 0 saturated heterocycles. The third-order valence-electron chi connectivity index (χ3n) is 3.44. The fourth-order valence-electron chi connectivity index (χ4n) is 2.13. The molecule has 1 unspecified atom stereocenters. The van der Waals surface area contributed by atoms with Gasteiger partial charge in [0.2, 0.25) is 6.10 Å². The second-order valence-corrected chi connectivity index (χ2v) is 5.76. The molecule has 1 rings (SSSR count). The zero-order valence-corrected chi connectivity index (χ0v) is 14.8. The topological polar surface area (TPSA) is 52.6 Å². The second-order valence-electron chi connectivity index (χ2n) is 5.76. The number of esters is 2. The van der Waals surface area contributed by atoms with Gasteiger partial charge < -0.3 is 9.47 Å². The van der Waals surface area contributed by atoms with Crippen LogP contribution in [0.1, 0.15) is 56.3 Å². The summed E-state index contributed by atoms with van der Waals surface area (Å²) in [6.07, 6.45) is -0.394. The van der Waals surface area contributed by atoms with Gasteiger partial charge in [0.15, 0.2) is 0 Å². The van der Waals surface area contributed by atoms with Crippen molar-refractivity contribution in [1.82, 2.24) is 0 Å². The number of carbonyl (C=O) groups excluding carboxylic acids is 2. The van der Waals surface area contributed by atoms with Crippen molar-refractivity contribution in [3.63, 3.8) is 0 Å². The molecule has 1 aromatic rings. The van der Waals surface area contributed by atoms with E-state index in [1.807, 2.05) is 6.92 Å². The van der Waals surface area contributed by atoms with Crippen LogP contribution in [-0.2, 0) is 9.53 Å². The highest BCUT2D eigenvalue weighted by molar-refractivity contribution is 5.89. The maximum Gasteiger partial charge on any atom is 0.429 e. The van der Waals surface area contributed by atoms with Gasteiger partial charge in [0.1, 0.15) is 5.75 Å². The van der Waals surface area contributed by atoms with Crippen LogP contribution < -0.4 is 4.74 Å². The molecule has 0 N–H and O–H groups in total. The van der Waals surface area contributed by atoms with Crippen molar-refractivity contribution < 1.29 is 32.2 Å². The lowest BCUT2D eigenvalue weighted by molar-refractivity contribution is -0.189. The lowest BCUT2D eigenvalue weighted by Gasteiger charge is -2.17. The molecule has 0 aliphatic carbocycles. The molecular formula is C19H23F3O4. The quantitative estimate of drug-likeness (QED) is 0.258. The Morgan fingerprint density at radius 2 is 1.77 bits per heavy atom. The molecular weight excluding hydrogens is 349 g/mol. The predicted octanol–water partition coefficient (Wildman–Crippen LogP) is 5.23. The number of alkyl halides is 3. The van der Waals surface area contributed by atoms with E-state index < -0.39 is 24.2 Å². The molecule has 0 aliphatic rings. The minimum atomic E-state index is -4.69. The van der Waals surface area contributed by atoms with Crippen molar-refractivity contribution in [2.75, 3.05) is 0 Å². The van der Waals surface area contributed by atoms with Gasteiger partial charge in [-0.1, -0.05) is 32.3 Å². The number of halogens is 3. The zero-order chi connectivity index (χ0) is 19.6. The smallest absolute Gasteiger partial charge is 0.429 e. The van der Waals surface area contributed by atoms with Crippen LogP contribution in [0.4, 0.5) is 13.2 Å². The van der Waals surface area contributed by atoms with E-state index in [-0.39, 0.29) is 11.3 Å². The largest absolute Gasteiger partial charge is 0.445 e. The van der Waals surface area contributed by atoms with Gasteiger partial charge in [-0.15, -0.1) is 0 Å². The number of ether oxygens (including phenoxy) is 2. The van der Waals surface area contributed by atoms with Crippen LogP contribution in [0.5, 0.6) is 5.75 Å². The fourth-order valence-corrected chi connectivity index (χ4v) is 2.13. The van der Waals surface area contributed by atoms with Gasteiger partial charge in [0, 0.05) is 6.92 Å². The van der Waals surface area contributed by atoms with Crippen LogP contribution in [0.3, 0.4) is 0 Å². The number of benzene rings is 1. The SMILES string of the molecule is CCCCCC/C=C\C(OC(=O)c1ccc(OC(C)=O)cc1)C(F)(F)F. The van der Waals surface area contributed by atoms with Crippen LogP contribution in [0, 0.1) is 0 Å².